The monoisotopic (exact) mass is 242 g/mol. The van der Waals surface area contributed by atoms with Gasteiger partial charge in [0, 0.05) is 6.61 Å². The molecule has 1 fully saturated rings. The number of nitrogens with two attached hydrogens (primary N) is 1. The van der Waals surface area contributed by atoms with E-state index in [1.165, 1.54) is 0 Å². The largest absolute Gasteiger partial charge is 0.389 e. The van der Waals surface area contributed by atoms with E-state index in [4.69, 9.17) is 22.7 Å². The lowest BCUT2D eigenvalue weighted by atomic mass is 10.2. The third kappa shape index (κ3) is 2.19. The molecule has 15 heavy (non-hydrogen) atoms. The topological polar surface area (TPSA) is 48.1 Å². The molecule has 1 aliphatic rings. The highest BCUT2D eigenvalue weighted by Gasteiger charge is 2.23. The van der Waals surface area contributed by atoms with Crippen LogP contribution in [-0.2, 0) is 11.2 Å². The summed E-state index contributed by atoms with van der Waals surface area (Å²) in [7, 11) is 0. The van der Waals surface area contributed by atoms with E-state index in [9.17, 15) is 0 Å². The highest BCUT2D eigenvalue weighted by atomic mass is 32.1. The van der Waals surface area contributed by atoms with E-state index in [2.05, 4.69) is 11.9 Å². The maximum absolute atomic E-state index is 5.66. The van der Waals surface area contributed by atoms with Gasteiger partial charge in [0.15, 0.2) is 0 Å². The molecule has 1 saturated heterocycles. The number of thiocarbonyl (C=S) groups is 1. The minimum Gasteiger partial charge on any atom is -0.389 e. The third-order valence-electron chi connectivity index (χ3n) is 2.48. The molecule has 0 aromatic carbocycles. The van der Waals surface area contributed by atoms with Crippen molar-refractivity contribution in [1.82, 2.24) is 4.98 Å². The maximum atomic E-state index is 5.66. The molecular weight excluding hydrogens is 228 g/mol. The van der Waals surface area contributed by atoms with Crippen molar-refractivity contribution >= 4 is 28.5 Å². The third-order valence-corrected chi connectivity index (χ3v) is 4.03. The van der Waals surface area contributed by atoms with Gasteiger partial charge in [-0.15, -0.1) is 11.3 Å². The van der Waals surface area contributed by atoms with Crippen molar-refractivity contribution in [3.63, 3.8) is 0 Å². The summed E-state index contributed by atoms with van der Waals surface area (Å²) in [6, 6.07) is 0. The van der Waals surface area contributed by atoms with Gasteiger partial charge in [0.25, 0.3) is 0 Å². The zero-order valence-corrected chi connectivity index (χ0v) is 10.3. The van der Waals surface area contributed by atoms with Crippen molar-refractivity contribution in [2.75, 3.05) is 6.61 Å². The zero-order chi connectivity index (χ0) is 10.8. The number of hydrogen-bond acceptors (Lipinski definition) is 4. The minimum absolute atomic E-state index is 0.170. The molecule has 1 aliphatic heterocycles. The molecule has 2 heterocycles. The van der Waals surface area contributed by atoms with Gasteiger partial charge < -0.3 is 10.5 Å². The number of nitrogens with zero attached hydrogens (tertiary/aromatic N) is 1. The van der Waals surface area contributed by atoms with E-state index in [0.29, 0.717) is 4.99 Å². The smallest absolute Gasteiger partial charge is 0.122 e. The molecule has 0 radical (unpaired) electrons. The van der Waals surface area contributed by atoms with E-state index in [1.54, 1.807) is 11.3 Å². The van der Waals surface area contributed by atoms with Gasteiger partial charge in [0.1, 0.15) is 16.1 Å². The summed E-state index contributed by atoms with van der Waals surface area (Å²) in [6.45, 7) is 2.91. The molecule has 1 atom stereocenters. The quantitative estimate of drug-likeness (QED) is 0.825. The van der Waals surface area contributed by atoms with Crippen molar-refractivity contribution in [2.24, 2.45) is 5.73 Å². The molecule has 3 nitrogen and oxygen atoms in total. The highest BCUT2D eigenvalue weighted by molar-refractivity contribution is 7.81. The Bertz CT molecular complexity index is 369. The Morgan fingerprint density at radius 1 is 1.73 bits per heavy atom. The van der Waals surface area contributed by atoms with Crippen LogP contribution in [0.4, 0.5) is 0 Å². The van der Waals surface area contributed by atoms with Crippen molar-refractivity contribution < 1.29 is 4.74 Å². The first kappa shape index (κ1) is 11.0. The molecule has 2 rings (SSSR count). The lowest BCUT2D eigenvalue weighted by Crippen LogP contribution is -2.09. The number of ether oxygens (including phenoxy) is 1. The average Bonchev–Trinajstić information content (AvgIpc) is 2.86. The Morgan fingerprint density at radius 3 is 3.00 bits per heavy atom. The first-order valence-electron chi connectivity index (χ1n) is 5.13. The summed E-state index contributed by atoms with van der Waals surface area (Å²) >= 11 is 6.60. The van der Waals surface area contributed by atoms with E-state index < -0.39 is 0 Å². The summed E-state index contributed by atoms with van der Waals surface area (Å²) in [5, 5.41) is 1.03. The predicted octanol–water partition coefficient (Wildman–Crippen LogP) is 2.19. The van der Waals surface area contributed by atoms with E-state index >= 15 is 0 Å². The van der Waals surface area contributed by atoms with Gasteiger partial charge >= 0.3 is 0 Å². The fourth-order valence-corrected chi connectivity index (χ4v) is 3.05. The lowest BCUT2D eigenvalue weighted by Gasteiger charge is -2.03. The lowest BCUT2D eigenvalue weighted by molar-refractivity contribution is 0.111. The van der Waals surface area contributed by atoms with Gasteiger partial charge in [-0.25, -0.2) is 4.98 Å². The summed E-state index contributed by atoms with van der Waals surface area (Å²) in [5.74, 6) is 0. The SMILES string of the molecule is CCc1nc(C2CCCO2)sc1C(N)=S. The van der Waals surface area contributed by atoms with Gasteiger partial charge in [-0.1, -0.05) is 19.1 Å². The molecule has 82 valence electrons. The molecule has 0 spiro atoms. The number of aromatic nitrogens is 1. The minimum atomic E-state index is 0.170. The van der Waals surface area contributed by atoms with Crippen LogP contribution in [0.5, 0.6) is 0 Å². The van der Waals surface area contributed by atoms with E-state index in [-0.39, 0.29) is 6.10 Å². The average molecular weight is 242 g/mol. The van der Waals surface area contributed by atoms with Crippen LogP contribution in [0.2, 0.25) is 0 Å². The summed E-state index contributed by atoms with van der Waals surface area (Å²) < 4.78 is 5.60. The number of hydrogen-bond donors (Lipinski definition) is 1. The zero-order valence-electron chi connectivity index (χ0n) is 8.66. The molecule has 0 saturated carbocycles. The fraction of sp³-hybridized carbons (Fsp3) is 0.600. The number of rotatable bonds is 3. The van der Waals surface area contributed by atoms with Crippen LogP contribution in [0.15, 0.2) is 0 Å². The molecule has 1 aromatic rings. The van der Waals surface area contributed by atoms with Crippen molar-refractivity contribution in [3.8, 4) is 0 Å². The van der Waals surface area contributed by atoms with Crippen LogP contribution < -0.4 is 5.73 Å². The molecule has 2 N–H and O–H groups in total. The van der Waals surface area contributed by atoms with Gasteiger partial charge in [-0.2, -0.15) is 0 Å². The normalized spacial score (nSPS) is 20.7. The van der Waals surface area contributed by atoms with Crippen LogP contribution in [0.1, 0.15) is 41.4 Å². The van der Waals surface area contributed by atoms with Crippen molar-refractivity contribution in [3.05, 3.63) is 15.6 Å². The fourth-order valence-electron chi connectivity index (χ4n) is 1.71. The molecule has 1 unspecified atom stereocenters. The Balaban J connectivity index is 2.29. The maximum Gasteiger partial charge on any atom is 0.122 e. The predicted molar refractivity (Wildman–Crippen MR) is 65.3 cm³/mol. The van der Waals surface area contributed by atoms with Crippen molar-refractivity contribution in [2.45, 2.75) is 32.3 Å². The van der Waals surface area contributed by atoms with Gasteiger partial charge in [-0.05, 0) is 19.3 Å². The van der Waals surface area contributed by atoms with Crippen LogP contribution >= 0.6 is 23.6 Å². The van der Waals surface area contributed by atoms with Gasteiger partial charge in [-0.3, -0.25) is 0 Å². The molecule has 1 aromatic heterocycles. The van der Waals surface area contributed by atoms with E-state index in [0.717, 1.165) is 41.4 Å². The van der Waals surface area contributed by atoms with Crippen LogP contribution in [0.25, 0.3) is 0 Å². The molecule has 0 bridgehead atoms. The molecule has 0 aliphatic carbocycles. The highest BCUT2D eigenvalue weighted by Crippen LogP contribution is 2.33. The molecule has 5 heteroatoms. The second-order valence-electron chi connectivity index (χ2n) is 3.55. The molecule has 0 amide bonds. The van der Waals surface area contributed by atoms with Crippen LogP contribution in [0.3, 0.4) is 0 Å². The van der Waals surface area contributed by atoms with Gasteiger partial charge in [0.2, 0.25) is 0 Å². The van der Waals surface area contributed by atoms with Gasteiger partial charge in [0.05, 0.1) is 10.6 Å². The standard InChI is InChI=1S/C10H14N2OS2/c1-2-6-8(9(11)14)15-10(12-6)7-4-3-5-13-7/h7H,2-5H2,1H3,(H2,11,14). The Labute approximate surface area is 98.7 Å². The van der Waals surface area contributed by atoms with Crippen molar-refractivity contribution in [1.29, 1.82) is 0 Å². The Hall–Kier alpha value is -0.520. The first-order chi connectivity index (χ1) is 7.22. The first-order valence-corrected chi connectivity index (χ1v) is 6.35. The van der Waals surface area contributed by atoms with Crippen LogP contribution in [-0.4, -0.2) is 16.6 Å². The van der Waals surface area contributed by atoms with E-state index in [1.807, 2.05) is 0 Å². The Kier molecular flexibility index (Phi) is 3.33. The second kappa shape index (κ2) is 4.55. The summed E-state index contributed by atoms with van der Waals surface area (Å²) in [4.78, 5) is 5.97. The van der Waals surface area contributed by atoms with Crippen LogP contribution in [0, 0.1) is 0 Å². The Morgan fingerprint density at radius 2 is 2.53 bits per heavy atom. The molecular formula is C10H14N2OS2. The summed E-state index contributed by atoms with van der Waals surface area (Å²) in [5.41, 5.74) is 6.68. The summed E-state index contributed by atoms with van der Waals surface area (Å²) in [6.07, 6.45) is 3.22. The number of aryl methyl sites for hydroxylation is 1. The number of thiazole rings is 1. The second-order valence-corrected chi connectivity index (χ2v) is 5.02.